The molecule has 0 radical (unpaired) electrons. The van der Waals surface area contributed by atoms with Gasteiger partial charge in [0.15, 0.2) is 5.78 Å². The summed E-state index contributed by atoms with van der Waals surface area (Å²) in [6, 6.07) is 8.71. The number of carbonyl (C=O) groups is 2. The highest BCUT2D eigenvalue weighted by atomic mass is 79.9. The van der Waals surface area contributed by atoms with Gasteiger partial charge in [0.05, 0.1) is 10.9 Å². The van der Waals surface area contributed by atoms with Gasteiger partial charge in [-0.25, -0.2) is 4.79 Å². The Balaban J connectivity index is 1.89. The molecule has 0 aliphatic carbocycles. The number of nitrogens with zero attached hydrogens (tertiary/aromatic N) is 1. The zero-order chi connectivity index (χ0) is 14.6. The molecule has 0 aromatic heterocycles. The summed E-state index contributed by atoms with van der Waals surface area (Å²) in [5, 5.41) is 11.8. The van der Waals surface area contributed by atoms with Crippen LogP contribution in [0.4, 0.5) is 0 Å². The SMILES string of the molecule is O=C(ON1CCC(O)(C(=O)CBr)CC1)c1ccccc1. The normalized spacial score (nSPS) is 18.5. The van der Waals surface area contributed by atoms with E-state index in [9.17, 15) is 14.7 Å². The molecule has 2 rings (SSSR count). The fourth-order valence-electron chi connectivity index (χ4n) is 2.09. The van der Waals surface area contributed by atoms with Crippen molar-refractivity contribution in [1.29, 1.82) is 0 Å². The van der Waals surface area contributed by atoms with Crippen molar-refractivity contribution in [3.63, 3.8) is 0 Å². The van der Waals surface area contributed by atoms with E-state index >= 15 is 0 Å². The molecule has 20 heavy (non-hydrogen) atoms. The van der Waals surface area contributed by atoms with Crippen LogP contribution in [-0.4, -0.2) is 45.9 Å². The number of Topliss-reactive ketones (excluding diaryl/α,β-unsaturated/α-hetero) is 1. The van der Waals surface area contributed by atoms with Crippen LogP contribution in [0.1, 0.15) is 23.2 Å². The number of hydrogen-bond acceptors (Lipinski definition) is 5. The standard InChI is InChI=1S/C14H16BrNO4/c15-10-12(17)14(19)6-8-16(9-7-14)20-13(18)11-4-2-1-3-5-11/h1-5,19H,6-10H2. The lowest BCUT2D eigenvalue weighted by molar-refractivity contribution is -0.164. The van der Waals surface area contributed by atoms with Gasteiger partial charge in [-0.05, 0) is 25.0 Å². The molecule has 1 aromatic carbocycles. The fourth-order valence-corrected chi connectivity index (χ4v) is 2.62. The summed E-state index contributed by atoms with van der Waals surface area (Å²) < 4.78 is 0. The maximum Gasteiger partial charge on any atom is 0.357 e. The van der Waals surface area contributed by atoms with Crippen molar-refractivity contribution in [2.75, 3.05) is 18.4 Å². The fraction of sp³-hybridized carbons (Fsp3) is 0.429. The number of alkyl halides is 1. The predicted molar refractivity (Wildman–Crippen MR) is 76.4 cm³/mol. The zero-order valence-corrected chi connectivity index (χ0v) is 12.5. The molecule has 1 heterocycles. The Morgan fingerprint density at radius 1 is 1.25 bits per heavy atom. The zero-order valence-electron chi connectivity index (χ0n) is 10.9. The highest BCUT2D eigenvalue weighted by molar-refractivity contribution is 9.09. The molecule has 0 bridgehead atoms. The van der Waals surface area contributed by atoms with Gasteiger partial charge in [-0.1, -0.05) is 34.1 Å². The second-order valence-corrected chi connectivity index (χ2v) is 5.32. The average Bonchev–Trinajstić information content (AvgIpc) is 2.49. The molecule has 0 amide bonds. The maximum absolute atomic E-state index is 11.9. The van der Waals surface area contributed by atoms with Crippen molar-refractivity contribution in [2.45, 2.75) is 18.4 Å². The first-order chi connectivity index (χ1) is 9.55. The van der Waals surface area contributed by atoms with E-state index in [1.54, 1.807) is 24.3 Å². The van der Waals surface area contributed by atoms with Crippen LogP contribution in [0.2, 0.25) is 0 Å². The third-order valence-corrected chi connectivity index (χ3v) is 3.92. The second-order valence-electron chi connectivity index (χ2n) is 4.76. The van der Waals surface area contributed by atoms with Gasteiger partial charge in [-0.3, -0.25) is 4.79 Å². The van der Waals surface area contributed by atoms with Gasteiger partial charge in [0.2, 0.25) is 0 Å². The van der Waals surface area contributed by atoms with Crippen LogP contribution >= 0.6 is 15.9 Å². The Morgan fingerprint density at radius 2 is 1.85 bits per heavy atom. The number of halogens is 1. The summed E-state index contributed by atoms with van der Waals surface area (Å²) in [5.74, 6) is -0.658. The molecule has 1 fully saturated rings. The largest absolute Gasteiger partial charge is 0.382 e. The van der Waals surface area contributed by atoms with Crippen molar-refractivity contribution < 1.29 is 19.5 Å². The summed E-state index contributed by atoms with van der Waals surface area (Å²) in [7, 11) is 0. The summed E-state index contributed by atoms with van der Waals surface area (Å²) in [4.78, 5) is 28.7. The molecular formula is C14H16BrNO4. The molecule has 1 aliphatic heterocycles. The highest BCUT2D eigenvalue weighted by Gasteiger charge is 2.39. The summed E-state index contributed by atoms with van der Waals surface area (Å²) in [6.45, 7) is 0.682. The molecule has 1 N–H and O–H groups in total. The number of piperidine rings is 1. The van der Waals surface area contributed by atoms with E-state index in [1.807, 2.05) is 6.07 Å². The van der Waals surface area contributed by atoms with Crippen LogP contribution in [0.25, 0.3) is 0 Å². The van der Waals surface area contributed by atoms with Crippen LogP contribution in [0.3, 0.4) is 0 Å². The van der Waals surface area contributed by atoms with Gasteiger partial charge in [0.25, 0.3) is 0 Å². The number of benzene rings is 1. The third-order valence-electron chi connectivity index (χ3n) is 3.41. The number of aliphatic hydroxyl groups is 1. The quantitative estimate of drug-likeness (QED) is 0.841. The molecule has 1 aliphatic rings. The van der Waals surface area contributed by atoms with Gasteiger partial charge in [0, 0.05) is 13.1 Å². The van der Waals surface area contributed by atoms with Crippen molar-refractivity contribution in [3.05, 3.63) is 35.9 Å². The molecular weight excluding hydrogens is 326 g/mol. The Morgan fingerprint density at radius 3 is 2.40 bits per heavy atom. The Labute approximate surface area is 125 Å². The van der Waals surface area contributed by atoms with E-state index in [-0.39, 0.29) is 24.0 Å². The molecule has 108 valence electrons. The minimum absolute atomic E-state index is 0.132. The summed E-state index contributed by atoms with van der Waals surface area (Å²) >= 11 is 3.06. The van der Waals surface area contributed by atoms with E-state index < -0.39 is 11.6 Å². The Kier molecular flexibility index (Phi) is 4.91. The van der Waals surface area contributed by atoms with Crippen molar-refractivity contribution in [2.24, 2.45) is 0 Å². The van der Waals surface area contributed by atoms with Crippen LogP contribution < -0.4 is 0 Å². The monoisotopic (exact) mass is 341 g/mol. The molecule has 6 heteroatoms. The van der Waals surface area contributed by atoms with Gasteiger partial charge >= 0.3 is 5.97 Å². The third kappa shape index (κ3) is 3.45. The van der Waals surface area contributed by atoms with Crippen LogP contribution in [0.5, 0.6) is 0 Å². The summed E-state index contributed by atoms with van der Waals surface area (Å²) in [6.07, 6.45) is 0.527. The first-order valence-corrected chi connectivity index (χ1v) is 7.51. The number of hydrogen-bond donors (Lipinski definition) is 1. The van der Waals surface area contributed by atoms with E-state index in [2.05, 4.69) is 15.9 Å². The molecule has 0 atom stereocenters. The molecule has 1 saturated heterocycles. The minimum Gasteiger partial charge on any atom is -0.382 e. The average molecular weight is 342 g/mol. The highest BCUT2D eigenvalue weighted by Crippen LogP contribution is 2.24. The van der Waals surface area contributed by atoms with E-state index in [0.29, 0.717) is 18.7 Å². The number of hydroxylamine groups is 2. The minimum atomic E-state index is -1.31. The number of ketones is 1. The second kappa shape index (κ2) is 6.47. The smallest absolute Gasteiger partial charge is 0.357 e. The first kappa shape index (κ1) is 15.2. The first-order valence-electron chi connectivity index (χ1n) is 6.39. The number of carbonyl (C=O) groups excluding carboxylic acids is 2. The molecule has 0 spiro atoms. The lowest BCUT2D eigenvalue weighted by atomic mass is 9.89. The lowest BCUT2D eigenvalue weighted by Crippen LogP contribution is -2.50. The Bertz CT molecular complexity index is 483. The van der Waals surface area contributed by atoms with E-state index in [4.69, 9.17) is 4.84 Å². The lowest BCUT2D eigenvalue weighted by Gasteiger charge is -2.35. The maximum atomic E-state index is 11.9. The van der Waals surface area contributed by atoms with E-state index in [0.717, 1.165) is 0 Å². The Hall–Kier alpha value is -1.24. The van der Waals surface area contributed by atoms with Crippen LogP contribution in [-0.2, 0) is 9.63 Å². The molecule has 1 aromatic rings. The number of rotatable bonds is 4. The van der Waals surface area contributed by atoms with Crippen molar-refractivity contribution in [3.8, 4) is 0 Å². The molecule has 5 nitrogen and oxygen atoms in total. The van der Waals surface area contributed by atoms with Crippen LogP contribution in [0, 0.1) is 0 Å². The summed E-state index contributed by atoms with van der Waals surface area (Å²) in [5.41, 5.74) is -0.830. The van der Waals surface area contributed by atoms with Crippen molar-refractivity contribution in [1.82, 2.24) is 5.06 Å². The van der Waals surface area contributed by atoms with Crippen molar-refractivity contribution >= 4 is 27.7 Å². The molecule has 0 saturated carbocycles. The topological polar surface area (TPSA) is 66.8 Å². The predicted octanol–water partition coefficient (Wildman–Crippen LogP) is 1.55. The van der Waals surface area contributed by atoms with E-state index in [1.165, 1.54) is 5.06 Å². The van der Waals surface area contributed by atoms with Gasteiger partial charge in [-0.15, -0.1) is 5.06 Å². The molecule has 0 unspecified atom stereocenters. The van der Waals surface area contributed by atoms with Gasteiger partial charge in [0.1, 0.15) is 5.60 Å². The van der Waals surface area contributed by atoms with Crippen LogP contribution in [0.15, 0.2) is 30.3 Å². The van der Waals surface area contributed by atoms with Gasteiger partial charge < -0.3 is 9.94 Å². The van der Waals surface area contributed by atoms with Gasteiger partial charge in [-0.2, -0.15) is 0 Å².